The van der Waals surface area contributed by atoms with Crippen molar-refractivity contribution in [2.24, 2.45) is 5.92 Å². The predicted octanol–water partition coefficient (Wildman–Crippen LogP) is 1.10. The van der Waals surface area contributed by atoms with Crippen molar-refractivity contribution in [3.05, 3.63) is 0 Å². The molecule has 0 aromatic rings. The van der Waals surface area contributed by atoms with Crippen LogP contribution in [0.4, 0.5) is 0 Å². The lowest BCUT2D eigenvalue weighted by Crippen LogP contribution is -2.32. The Hall–Kier alpha value is -0.130. The summed E-state index contributed by atoms with van der Waals surface area (Å²) in [7, 11) is -1.21. The standard InChI is InChI=1S/C11H24N2O2S/c1-12-8-5-9-16(14,15)13-10-11-6-3-2-4-7-11/h11-13H,2-10H2,1H3. The van der Waals surface area contributed by atoms with Crippen molar-refractivity contribution >= 4 is 10.0 Å². The second kappa shape index (κ2) is 7.25. The van der Waals surface area contributed by atoms with E-state index in [1.54, 1.807) is 0 Å². The molecule has 0 aromatic heterocycles. The minimum Gasteiger partial charge on any atom is -0.320 e. The van der Waals surface area contributed by atoms with Crippen LogP contribution in [0, 0.1) is 5.92 Å². The van der Waals surface area contributed by atoms with Gasteiger partial charge in [-0.15, -0.1) is 0 Å². The molecule has 0 saturated heterocycles. The van der Waals surface area contributed by atoms with E-state index in [1.165, 1.54) is 32.1 Å². The van der Waals surface area contributed by atoms with E-state index >= 15 is 0 Å². The van der Waals surface area contributed by atoms with E-state index in [9.17, 15) is 8.42 Å². The first-order valence-corrected chi connectivity index (χ1v) is 7.91. The third-order valence-corrected chi connectivity index (χ3v) is 4.59. The molecule has 0 aliphatic heterocycles. The van der Waals surface area contributed by atoms with Crippen LogP contribution in [-0.2, 0) is 10.0 Å². The van der Waals surface area contributed by atoms with Crippen molar-refractivity contribution in [3.8, 4) is 0 Å². The van der Waals surface area contributed by atoms with Gasteiger partial charge in [0, 0.05) is 6.54 Å². The highest BCUT2D eigenvalue weighted by Crippen LogP contribution is 2.22. The predicted molar refractivity (Wildman–Crippen MR) is 66.9 cm³/mol. The van der Waals surface area contributed by atoms with E-state index < -0.39 is 10.0 Å². The summed E-state index contributed by atoms with van der Waals surface area (Å²) in [4.78, 5) is 0. The molecule has 16 heavy (non-hydrogen) atoms. The number of rotatable bonds is 7. The fraction of sp³-hybridized carbons (Fsp3) is 1.00. The third kappa shape index (κ3) is 5.82. The SMILES string of the molecule is CNCCCS(=O)(=O)NCC1CCCCC1. The normalized spacial score (nSPS) is 18.8. The average molecular weight is 248 g/mol. The van der Waals surface area contributed by atoms with Crippen LogP contribution in [0.2, 0.25) is 0 Å². The summed E-state index contributed by atoms with van der Waals surface area (Å²) >= 11 is 0. The van der Waals surface area contributed by atoms with Crippen LogP contribution in [0.1, 0.15) is 38.5 Å². The highest BCUT2D eigenvalue weighted by molar-refractivity contribution is 7.89. The van der Waals surface area contributed by atoms with Crippen LogP contribution in [0.25, 0.3) is 0 Å². The van der Waals surface area contributed by atoms with Crippen molar-refractivity contribution in [1.82, 2.24) is 10.0 Å². The summed E-state index contributed by atoms with van der Waals surface area (Å²) in [6, 6.07) is 0. The van der Waals surface area contributed by atoms with Gasteiger partial charge in [0.1, 0.15) is 0 Å². The van der Waals surface area contributed by atoms with E-state index in [2.05, 4.69) is 10.0 Å². The molecule has 4 nitrogen and oxygen atoms in total. The quantitative estimate of drug-likeness (QED) is 0.663. The lowest BCUT2D eigenvalue weighted by molar-refractivity contribution is 0.357. The van der Waals surface area contributed by atoms with Gasteiger partial charge in [-0.05, 0) is 38.8 Å². The Morgan fingerprint density at radius 3 is 2.50 bits per heavy atom. The average Bonchev–Trinajstić information content (AvgIpc) is 2.28. The van der Waals surface area contributed by atoms with Gasteiger partial charge in [-0.3, -0.25) is 0 Å². The van der Waals surface area contributed by atoms with Gasteiger partial charge in [0.05, 0.1) is 5.75 Å². The molecule has 0 radical (unpaired) electrons. The zero-order chi connectivity index (χ0) is 11.9. The lowest BCUT2D eigenvalue weighted by Gasteiger charge is -2.21. The zero-order valence-corrected chi connectivity index (χ0v) is 11.0. The Balaban J connectivity index is 2.18. The van der Waals surface area contributed by atoms with Gasteiger partial charge in [-0.25, -0.2) is 13.1 Å². The maximum absolute atomic E-state index is 11.6. The molecule has 0 unspecified atom stereocenters. The first-order valence-electron chi connectivity index (χ1n) is 6.26. The smallest absolute Gasteiger partial charge is 0.211 e. The molecule has 0 atom stereocenters. The van der Waals surface area contributed by atoms with Gasteiger partial charge in [-0.1, -0.05) is 19.3 Å². The van der Waals surface area contributed by atoms with Gasteiger partial charge in [0.2, 0.25) is 10.0 Å². The van der Waals surface area contributed by atoms with E-state index in [1.807, 2.05) is 7.05 Å². The van der Waals surface area contributed by atoms with Gasteiger partial charge >= 0.3 is 0 Å². The van der Waals surface area contributed by atoms with Crippen molar-refractivity contribution in [2.45, 2.75) is 38.5 Å². The van der Waals surface area contributed by atoms with Gasteiger partial charge < -0.3 is 5.32 Å². The largest absolute Gasteiger partial charge is 0.320 e. The summed E-state index contributed by atoms with van der Waals surface area (Å²) in [5.41, 5.74) is 0. The van der Waals surface area contributed by atoms with E-state index in [0.29, 0.717) is 18.9 Å². The zero-order valence-electron chi connectivity index (χ0n) is 10.2. The first kappa shape index (κ1) is 13.9. The second-order valence-electron chi connectivity index (χ2n) is 4.63. The number of sulfonamides is 1. The van der Waals surface area contributed by atoms with Crippen LogP contribution < -0.4 is 10.0 Å². The highest BCUT2D eigenvalue weighted by Gasteiger charge is 2.16. The fourth-order valence-corrected chi connectivity index (χ4v) is 3.31. The van der Waals surface area contributed by atoms with Gasteiger partial charge in [0.25, 0.3) is 0 Å². The third-order valence-electron chi connectivity index (χ3n) is 3.16. The van der Waals surface area contributed by atoms with Crippen LogP contribution in [-0.4, -0.2) is 34.3 Å². The fourth-order valence-electron chi connectivity index (χ4n) is 2.15. The van der Waals surface area contributed by atoms with E-state index in [-0.39, 0.29) is 5.75 Å². The van der Waals surface area contributed by atoms with Crippen LogP contribution >= 0.6 is 0 Å². The molecular formula is C11H24N2O2S. The molecular weight excluding hydrogens is 224 g/mol. The minimum atomic E-state index is -3.04. The topological polar surface area (TPSA) is 58.2 Å². The maximum Gasteiger partial charge on any atom is 0.211 e. The molecule has 2 N–H and O–H groups in total. The Kier molecular flexibility index (Phi) is 6.31. The Morgan fingerprint density at radius 2 is 1.88 bits per heavy atom. The van der Waals surface area contributed by atoms with Crippen LogP contribution in [0.5, 0.6) is 0 Å². The minimum absolute atomic E-state index is 0.237. The molecule has 1 aliphatic rings. The van der Waals surface area contributed by atoms with Crippen molar-refractivity contribution in [3.63, 3.8) is 0 Å². The highest BCUT2D eigenvalue weighted by atomic mass is 32.2. The molecule has 96 valence electrons. The van der Waals surface area contributed by atoms with Gasteiger partial charge in [0.15, 0.2) is 0 Å². The monoisotopic (exact) mass is 248 g/mol. The maximum atomic E-state index is 11.6. The lowest BCUT2D eigenvalue weighted by atomic mass is 9.90. The summed E-state index contributed by atoms with van der Waals surface area (Å²) in [5, 5.41) is 2.95. The molecule has 1 rings (SSSR count). The number of hydrogen-bond acceptors (Lipinski definition) is 3. The van der Waals surface area contributed by atoms with E-state index in [4.69, 9.17) is 0 Å². The molecule has 0 spiro atoms. The molecule has 1 fully saturated rings. The van der Waals surface area contributed by atoms with Crippen LogP contribution in [0.3, 0.4) is 0 Å². The summed E-state index contributed by atoms with van der Waals surface area (Å²) < 4.78 is 26.0. The van der Waals surface area contributed by atoms with Crippen LogP contribution in [0.15, 0.2) is 0 Å². The molecule has 0 aromatic carbocycles. The molecule has 0 amide bonds. The summed E-state index contributed by atoms with van der Waals surface area (Å²) in [6.45, 7) is 1.40. The van der Waals surface area contributed by atoms with Crippen molar-refractivity contribution in [1.29, 1.82) is 0 Å². The molecule has 5 heteroatoms. The van der Waals surface area contributed by atoms with Crippen molar-refractivity contribution < 1.29 is 8.42 Å². The first-order chi connectivity index (χ1) is 7.64. The Morgan fingerprint density at radius 1 is 1.19 bits per heavy atom. The summed E-state index contributed by atoms with van der Waals surface area (Å²) in [6.07, 6.45) is 6.86. The van der Waals surface area contributed by atoms with E-state index in [0.717, 1.165) is 6.54 Å². The summed E-state index contributed by atoms with van der Waals surface area (Å²) in [5.74, 6) is 0.799. The number of hydrogen-bond donors (Lipinski definition) is 2. The van der Waals surface area contributed by atoms with Crippen molar-refractivity contribution in [2.75, 3.05) is 25.9 Å². The Bertz CT molecular complexity index is 272. The molecule has 0 bridgehead atoms. The number of nitrogens with one attached hydrogen (secondary N) is 2. The Labute approximate surface area is 99.2 Å². The van der Waals surface area contributed by atoms with Gasteiger partial charge in [-0.2, -0.15) is 0 Å². The molecule has 1 saturated carbocycles. The molecule has 0 heterocycles. The second-order valence-corrected chi connectivity index (χ2v) is 6.55. The molecule has 1 aliphatic carbocycles.